The van der Waals surface area contributed by atoms with Crippen molar-refractivity contribution in [1.82, 2.24) is 9.62 Å². The number of sulfone groups is 1. The van der Waals surface area contributed by atoms with Crippen LogP contribution in [0.2, 0.25) is 0 Å². The van der Waals surface area contributed by atoms with Crippen LogP contribution in [-0.2, 0) is 19.9 Å². The van der Waals surface area contributed by atoms with E-state index in [-0.39, 0.29) is 34.4 Å². The molecule has 1 atom stereocenters. The van der Waals surface area contributed by atoms with E-state index in [0.29, 0.717) is 12.0 Å². The first kappa shape index (κ1) is 17.4. The molecule has 0 bridgehead atoms. The molecule has 3 rings (SSSR count). The molecule has 0 radical (unpaired) electrons. The number of sulfonamides is 1. The molecule has 1 aliphatic heterocycles. The fraction of sp³-hybridized carbons (Fsp3) is 0.533. The van der Waals surface area contributed by atoms with Crippen LogP contribution in [-0.4, -0.2) is 58.3 Å². The number of amides is 1. The number of nitrogens with one attached hydrogen (secondary N) is 1. The molecule has 1 amide bonds. The summed E-state index contributed by atoms with van der Waals surface area (Å²) >= 11 is 0. The summed E-state index contributed by atoms with van der Waals surface area (Å²) < 4.78 is 49.9. The van der Waals surface area contributed by atoms with Gasteiger partial charge in [-0.05, 0) is 43.5 Å². The van der Waals surface area contributed by atoms with Crippen molar-refractivity contribution in [2.24, 2.45) is 0 Å². The molecule has 1 saturated carbocycles. The average Bonchev–Trinajstić information content (AvgIpc) is 3.25. The quantitative estimate of drug-likeness (QED) is 0.806. The van der Waals surface area contributed by atoms with Crippen molar-refractivity contribution < 1.29 is 21.6 Å². The monoisotopic (exact) mass is 372 g/mol. The maximum Gasteiger partial charge on any atom is 0.253 e. The zero-order chi connectivity index (χ0) is 17.5. The molecular formula is C15H20N2O5S2. The van der Waals surface area contributed by atoms with Gasteiger partial charge in [-0.15, -0.1) is 0 Å². The molecule has 2 fully saturated rings. The van der Waals surface area contributed by atoms with Crippen molar-refractivity contribution in [2.45, 2.75) is 36.2 Å². The molecule has 1 unspecified atom stereocenters. The van der Waals surface area contributed by atoms with Gasteiger partial charge in [0.2, 0.25) is 10.0 Å². The van der Waals surface area contributed by atoms with Gasteiger partial charge in [0.1, 0.15) is 0 Å². The average molecular weight is 372 g/mol. The summed E-state index contributed by atoms with van der Waals surface area (Å²) in [5.74, 6) is -0.233. The number of nitrogens with zero attached hydrogens (tertiary/aromatic N) is 1. The fourth-order valence-corrected chi connectivity index (χ4v) is 5.79. The van der Waals surface area contributed by atoms with Gasteiger partial charge in [0.05, 0.1) is 16.4 Å². The van der Waals surface area contributed by atoms with Crippen LogP contribution in [0.3, 0.4) is 0 Å². The predicted molar refractivity (Wildman–Crippen MR) is 88.9 cm³/mol. The molecule has 0 spiro atoms. The molecule has 24 heavy (non-hydrogen) atoms. The van der Waals surface area contributed by atoms with Crippen LogP contribution in [0.1, 0.15) is 29.6 Å². The largest absolute Gasteiger partial charge is 0.338 e. The van der Waals surface area contributed by atoms with Crippen LogP contribution < -0.4 is 4.72 Å². The summed E-state index contributed by atoms with van der Waals surface area (Å²) in [5, 5.41) is 0. The molecule has 2 aliphatic rings. The minimum atomic E-state index is -3.55. The van der Waals surface area contributed by atoms with E-state index in [4.69, 9.17) is 0 Å². The van der Waals surface area contributed by atoms with Gasteiger partial charge in [0.25, 0.3) is 5.91 Å². The van der Waals surface area contributed by atoms with Crippen LogP contribution in [0, 0.1) is 0 Å². The summed E-state index contributed by atoms with van der Waals surface area (Å²) in [4.78, 5) is 14.0. The Balaban J connectivity index is 1.72. The Bertz CT molecular complexity index is 842. The van der Waals surface area contributed by atoms with Crippen molar-refractivity contribution in [3.05, 3.63) is 29.8 Å². The third kappa shape index (κ3) is 3.79. The number of hydrogen-bond acceptors (Lipinski definition) is 5. The van der Waals surface area contributed by atoms with E-state index in [1.807, 2.05) is 0 Å². The molecule has 1 aromatic carbocycles. The van der Waals surface area contributed by atoms with Gasteiger partial charge in [0, 0.05) is 24.7 Å². The van der Waals surface area contributed by atoms with Crippen molar-refractivity contribution in [2.75, 3.05) is 18.6 Å². The van der Waals surface area contributed by atoms with Crippen LogP contribution in [0.25, 0.3) is 0 Å². The Kier molecular flexibility index (Phi) is 4.43. The highest BCUT2D eigenvalue weighted by atomic mass is 32.2. The van der Waals surface area contributed by atoms with E-state index in [1.165, 1.54) is 29.2 Å². The minimum Gasteiger partial charge on any atom is -0.338 e. The molecule has 132 valence electrons. The second-order valence-corrected chi connectivity index (χ2v) is 10.3. The lowest BCUT2D eigenvalue weighted by molar-refractivity contribution is 0.0747. The third-order valence-corrected chi connectivity index (χ3v) is 7.67. The van der Waals surface area contributed by atoms with Crippen LogP contribution in [0.4, 0.5) is 0 Å². The lowest BCUT2D eigenvalue weighted by Crippen LogP contribution is -2.37. The second kappa shape index (κ2) is 6.12. The minimum absolute atomic E-state index is 0.0201. The lowest BCUT2D eigenvalue weighted by Gasteiger charge is -2.23. The highest BCUT2D eigenvalue weighted by Gasteiger charge is 2.33. The number of carbonyl (C=O) groups excluding carboxylic acids is 1. The van der Waals surface area contributed by atoms with Crippen LogP contribution in [0.5, 0.6) is 0 Å². The Hall–Kier alpha value is -1.45. The highest BCUT2D eigenvalue weighted by molar-refractivity contribution is 7.91. The number of hydrogen-bond donors (Lipinski definition) is 1. The smallest absolute Gasteiger partial charge is 0.253 e. The number of carbonyl (C=O) groups is 1. The molecule has 1 aliphatic carbocycles. The Morgan fingerprint density at radius 1 is 1.17 bits per heavy atom. The molecule has 0 aromatic heterocycles. The van der Waals surface area contributed by atoms with Gasteiger partial charge >= 0.3 is 0 Å². The summed E-state index contributed by atoms with van der Waals surface area (Å²) in [6, 6.07) is 5.41. The highest BCUT2D eigenvalue weighted by Crippen LogP contribution is 2.23. The molecule has 9 heteroatoms. The molecule has 1 N–H and O–H groups in total. The van der Waals surface area contributed by atoms with E-state index in [9.17, 15) is 21.6 Å². The predicted octanol–water partition coefficient (Wildman–Crippen LogP) is 0.386. The Morgan fingerprint density at radius 3 is 2.29 bits per heavy atom. The van der Waals surface area contributed by atoms with Crippen molar-refractivity contribution in [3.63, 3.8) is 0 Å². The molecule has 1 saturated heterocycles. The van der Waals surface area contributed by atoms with Crippen molar-refractivity contribution >= 4 is 25.8 Å². The SMILES string of the molecule is CN(C(=O)c1ccc(S(=O)(=O)NC2CC2)cc1)C1CCS(=O)(=O)C1. The van der Waals surface area contributed by atoms with Crippen LogP contribution >= 0.6 is 0 Å². The Labute approximate surface area is 142 Å². The standard InChI is InChI=1S/C15H20N2O5S2/c1-17(13-8-9-23(19,20)10-13)15(18)11-2-6-14(7-3-11)24(21,22)16-12-4-5-12/h2-3,6-7,12-13,16H,4-5,8-10H2,1H3. The van der Waals surface area contributed by atoms with E-state index < -0.39 is 19.9 Å². The first-order valence-corrected chi connectivity index (χ1v) is 11.1. The van der Waals surface area contributed by atoms with Gasteiger partial charge < -0.3 is 4.90 Å². The molecule has 1 aromatic rings. The van der Waals surface area contributed by atoms with Gasteiger partial charge in [-0.3, -0.25) is 4.79 Å². The van der Waals surface area contributed by atoms with Crippen molar-refractivity contribution in [3.8, 4) is 0 Å². The van der Waals surface area contributed by atoms with Gasteiger partial charge in [-0.1, -0.05) is 0 Å². The lowest BCUT2D eigenvalue weighted by atomic mass is 10.1. The van der Waals surface area contributed by atoms with Gasteiger partial charge in [-0.2, -0.15) is 0 Å². The summed E-state index contributed by atoms with van der Waals surface area (Å²) in [5.41, 5.74) is 0.340. The maximum atomic E-state index is 12.5. The van der Waals surface area contributed by atoms with Crippen LogP contribution in [0.15, 0.2) is 29.2 Å². The first-order valence-electron chi connectivity index (χ1n) is 7.78. The normalized spacial score (nSPS) is 23.1. The summed E-state index contributed by atoms with van der Waals surface area (Å²) in [7, 11) is -5.04. The van der Waals surface area contributed by atoms with Crippen molar-refractivity contribution in [1.29, 1.82) is 0 Å². The Morgan fingerprint density at radius 2 is 1.79 bits per heavy atom. The second-order valence-electron chi connectivity index (χ2n) is 6.39. The summed E-state index contributed by atoms with van der Waals surface area (Å²) in [6.45, 7) is 0. The zero-order valence-electron chi connectivity index (χ0n) is 13.3. The van der Waals surface area contributed by atoms with Gasteiger partial charge in [-0.25, -0.2) is 21.6 Å². The zero-order valence-corrected chi connectivity index (χ0v) is 14.9. The third-order valence-electron chi connectivity index (χ3n) is 4.39. The number of rotatable bonds is 5. The van der Waals surface area contributed by atoms with E-state index in [2.05, 4.69) is 4.72 Å². The molecular weight excluding hydrogens is 352 g/mol. The van der Waals surface area contributed by atoms with E-state index in [0.717, 1.165) is 12.8 Å². The molecule has 1 heterocycles. The van der Waals surface area contributed by atoms with E-state index in [1.54, 1.807) is 7.05 Å². The molecule has 7 nitrogen and oxygen atoms in total. The van der Waals surface area contributed by atoms with Gasteiger partial charge in [0.15, 0.2) is 9.84 Å². The maximum absolute atomic E-state index is 12.5. The van der Waals surface area contributed by atoms with E-state index >= 15 is 0 Å². The number of benzene rings is 1. The fourth-order valence-electron chi connectivity index (χ4n) is 2.72. The summed E-state index contributed by atoms with van der Waals surface area (Å²) in [6.07, 6.45) is 2.14. The first-order chi connectivity index (χ1) is 11.2. The topological polar surface area (TPSA) is 101 Å².